The van der Waals surface area contributed by atoms with Crippen molar-refractivity contribution in [3.8, 4) is 0 Å². The number of nitrogens with one attached hydrogen (secondary N) is 3. The minimum absolute atomic E-state index is 0.0123. The Balaban J connectivity index is 1.56. The SMILES string of the molecule is O=C(CNS(=O)(=O)c1ccc2c(c1)CC(=O)N2)NCc1ccc(Cl)cc1. The van der Waals surface area contributed by atoms with Gasteiger partial charge in [-0.15, -0.1) is 0 Å². The summed E-state index contributed by atoms with van der Waals surface area (Å²) in [7, 11) is -3.85. The molecule has 0 aromatic heterocycles. The van der Waals surface area contributed by atoms with Crippen LogP contribution in [-0.2, 0) is 32.6 Å². The summed E-state index contributed by atoms with van der Waals surface area (Å²) in [6, 6.07) is 11.3. The zero-order valence-corrected chi connectivity index (χ0v) is 15.2. The van der Waals surface area contributed by atoms with Crippen LogP contribution in [0.15, 0.2) is 47.4 Å². The molecule has 3 rings (SSSR count). The Kier molecular flexibility index (Phi) is 5.26. The Hall–Kier alpha value is -2.42. The Bertz CT molecular complexity index is 958. The first-order chi connectivity index (χ1) is 12.3. The summed E-state index contributed by atoms with van der Waals surface area (Å²) in [6.45, 7) is -0.117. The first-order valence-electron chi connectivity index (χ1n) is 7.77. The van der Waals surface area contributed by atoms with Gasteiger partial charge in [-0.25, -0.2) is 13.1 Å². The molecule has 0 bridgehead atoms. The summed E-state index contributed by atoms with van der Waals surface area (Å²) in [5.74, 6) is -0.634. The normalized spacial score (nSPS) is 13.2. The predicted molar refractivity (Wildman–Crippen MR) is 97.3 cm³/mol. The van der Waals surface area contributed by atoms with Crippen molar-refractivity contribution in [3.63, 3.8) is 0 Å². The molecule has 26 heavy (non-hydrogen) atoms. The van der Waals surface area contributed by atoms with Gasteiger partial charge in [-0.2, -0.15) is 0 Å². The highest BCUT2D eigenvalue weighted by Gasteiger charge is 2.22. The number of benzene rings is 2. The summed E-state index contributed by atoms with van der Waals surface area (Å²) >= 11 is 5.79. The van der Waals surface area contributed by atoms with Crippen LogP contribution in [-0.4, -0.2) is 26.8 Å². The highest BCUT2D eigenvalue weighted by atomic mass is 35.5. The molecule has 1 heterocycles. The van der Waals surface area contributed by atoms with Gasteiger partial charge in [0.2, 0.25) is 21.8 Å². The number of anilines is 1. The van der Waals surface area contributed by atoms with Crippen molar-refractivity contribution < 1.29 is 18.0 Å². The third-order valence-electron chi connectivity index (χ3n) is 3.84. The molecule has 2 amide bonds. The number of halogens is 1. The molecule has 0 aliphatic carbocycles. The molecule has 0 saturated heterocycles. The van der Waals surface area contributed by atoms with Crippen molar-refractivity contribution in [1.82, 2.24) is 10.0 Å². The molecule has 1 aliphatic rings. The highest BCUT2D eigenvalue weighted by molar-refractivity contribution is 7.89. The summed E-state index contributed by atoms with van der Waals surface area (Å²) in [6.07, 6.45) is 0.139. The first kappa shape index (κ1) is 18.4. The Labute approximate surface area is 155 Å². The van der Waals surface area contributed by atoms with E-state index >= 15 is 0 Å². The fourth-order valence-electron chi connectivity index (χ4n) is 2.48. The summed E-state index contributed by atoms with van der Waals surface area (Å²) in [5, 5.41) is 5.86. The second kappa shape index (κ2) is 7.45. The van der Waals surface area contributed by atoms with E-state index in [1.165, 1.54) is 18.2 Å². The lowest BCUT2D eigenvalue weighted by molar-refractivity contribution is -0.120. The molecular weight excluding hydrogens is 378 g/mol. The van der Waals surface area contributed by atoms with Crippen LogP contribution >= 0.6 is 11.6 Å². The number of carbonyl (C=O) groups excluding carboxylic acids is 2. The molecule has 1 aliphatic heterocycles. The van der Waals surface area contributed by atoms with E-state index in [4.69, 9.17) is 11.6 Å². The van der Waals surface area contributed by atoms with E-state index in [1.54, 1.807) is 24.3 Å². The van der Waals surface area contributed by atoms with Gasteiger partial charge in [-0.05, 0) is 41.5 Å². The fourth-order valence-corrected chi connectivity index (χ4v) is 3.64. The van der Waals surface area contributed by atoms with Gasteiger partial charge in [0.25, 0.3) is 0 Å². The largest absolute Gasteiger partial charge is 0.351 e. The van der Waals surface area contributed by atoms with Gasteiger partial charge in [0.15, 0.2) is 0 Å². The second-order valence-electron chi connectivity index (χ2n) is 5.77. The molecular formula is C17H16ClN3O4S. The lowest BCUT2D eigenvalue weighted by atomic mass is 10.2. The van der Waals surface area contributed by atoms with Crippen LogP contribution < -0.4 is 15.4 Å². The smallest absolute Gasteiger partial charge is 0.241 e. The third kappa shape index (κ3) is 4.40. The number of carbonyl (C=O) groups is 2. The van der Waals surface area contributed by atoms with Crippen molar-refractivity contribution in [2.24, 2.45) is 0 Å². The van der Waals surface area contributed by atoms with Crippen molar-refractivity contribution >= 4 is 39.1 Å². The number of hydrogen-bond donors (Lipinski definition) is 3. The van der Waals surface area contributed by atoms with Gasteiger partial charge < -0.3 is 10.6 Å². The van der Waals surface area contributed by atoms with Crippen LogP contribution in [0.25, 0.3) is 0 Å². The van der Waals surface area contributed by atoms with E-state index in [-0.39, 0.29) is 30.3 Å². The molecule has 2 aromatic carbocycles. The maximum Gasteiger partial charge on any atom is 0.241 e. The molecule has 3 N–H and O–H groups in total. The summed E-state index contributed by atoms with van der Waals surface area (Å²) in [4.78, 5) is 23.2. The van der Waals surface area contributed by atoms with Gasteiger partial charge in [-0.1, -0.05) is 23.7 Å². The maximum atomic E-state index is 12.3. The zero-order chi connectivity index (χ0) is 18.7. The molecule has 0 unspecified atom stereocenters. The van der Waals surface area contributed by atoms with E-state index in [1.807, 2.05) is 0 Å². The highest BCUT2D eigenvalue weighted by Crippen LogP contribution is 2.25. The average Bonchev–Trinajstić information content (AvgIpc) is 2.98. The van der Waals surface area contributed by atoms with E-state index in [9.17, 15) is 18.0 Å². The lowest BCUT2D eigenvalue weighted by Gasteiger charge is -2.09. The molecule has 2 aromatic rings. The number of sulfonamides is 1. The molecule has 0 radical (unpaired) electrons. The topological polar surface area (TPSA) is 104 Å². The van der Waals surface area contributed by atoms with Crippen LogP contribution in [0.4, 0.5) is 5.69 Å². The minimum atomic E-state index is -3.85. The van der Waals surface area contributed by atoms with Crippen LogP contribution in [0.2, 0.25) is 5.02 Å². The number of rotatable bonds is 6. The van der Waals surface area contributed by atoms with E-state index < -0.39 is 15.9 Å². The lowest BCUT2D eigenvalue weighted by Crippen LogP contribution is -2.36. The Morgan fingerprint density at radius 2 is 1.88 bits per heavy atom. The van der Waals surface area contributed by atoms with Crippen LogP contribution in [0.5, 0.6) is 0 Å². The molecule has 0 saturated carbocycles. The Morgan fingerprint density at radius 3 is 2.62 bits per heavy atom. The number of hydrogen-bond acceptors (Lipinski definition) is 4. The molecule has 0 fully saturated rings. The summed E-state index contributed by atoms with van der Waals surface area (Å²) in [5.41, 5.74) is 2.07. The first-order valence-corrected chi connectivity index (χ1v) is 9.63. The second-order valence-corrected chi connectivity index (χ2v) is 7.98. The van der Waals surface area contributed by atoms with Gasteiger partial charge >= 0.3 is 0 Å². The molecule has 0 atom stereocenters. The van der Waals surface area contributed by atoms with Gasteiger partial charge in [0, 0.05) is 17.3 Å². The molecule has 0 spiro atoms. The monoisotopic (exact) mass is 393 g/mol. The third-order valence-corrected chi connectivity index (χ3v) is 5.49. The Morgan fingerprint density at radius 1 is 1.15 bits per heavy atom. The maximum absolute atomic E-state index is 12.3. The molecule has 9 heteroatoms. The average molecular weight is 394 g/mol. The van der Waals surface area contributed by atoms with Crippen molar-refractivity contribution in [3.05, 3.63) is 58.6 Å². The molecule has 7 nitrogen and oxygen atoms in total. The van der Waals surface area contributed by atoms with Gasteiger partial charge in [-0.3, -0.25) is 9.59 Å². The van der Waals surface area contributed by atoms with Crippen LogP contribution in [0.1, 0.15) is 11.1 Å². The standard InChI is InChI=1S/C17H16ClN3O4S/c18-13-3-1-11(2-4-13)9-19-17(23)10-20-26(24,25)14-5-6-15-12(7-14)8-16(22)21-15/h1-7,20H,8-10H2,(H,19,23)(H,21,22). The van der Waals surface area contributed by atoms with E-state index in [0.717, 1.165) is 5.56 Å². The number of fused-ring (bicyclic) bond motifs is 1. The van der Waals surface area contributed by atoms with Crippen molar-refractivity contribution in [2.45, 2.75) is 17.9 Å². The summed E-state index contributed by atoms with van der Waals surface area (Å²) < 4.78 is 26.9. The zero-order valence-electron chi connectivity index (χ0n) is 13.6. The predicted octanol–water partition coefficient (Wildman–Crippen LogP) is 1.43. The van der Waals surface area contributed by atoms with E-state index in [2.05, 4.69) is 15.4 Å². The van der Waals surface area contributed by atoms with Gasteiger partial charge in [0.05, 0.1) is 17.9 Å². The quantitative estimate of drug-likeness (QED) is 0.690. The van der Waals surface area contributed by atoms with E-state index in [0.29, 0.717) is 16.3 Å². The fraction of sp³-hybridized carbons (Fsp3) is 0.176. The molecule has 136 valence electrons. The minimum Gasteiger partial charge on any atom is -0.351 e. The van der Waals surface area contributed by atoms with Gasteiger partial charge in [0.1, 0.15) is 0 Å². The van der Waals surface area contributed by atoms with Crippen LogP contribution in [0, 0.1) is 0 Å². The van der Waals surface area contributed by atoms with Crippen molar-refractivity contribution in [1.29, 1.82) is 0 Å². The van der Waals surface area contributed by atoms with Crippen LogP contribution in [0.3, 0.4) is 0 Å². The van der Waals surface area contributed by atoms with Crippen molar-refractivity contribution in [2.75, 3.05) is 11.9 Å². The number of amides is 2.